The number of carbonyl (C=O) groups excluding carboxylic acids is 1. The lowest BCUT2D eigenvalue weighted by Gasteiger charge is -2.38. The zero-order valence-electron chi connectivity index (χ0n) is 9.86. The van der Waals surface area contributed by atoms with Crippen molar-refractivity contribution in [1.29, 1.82) is 0 Å². The highest BCUT2D eigenvalue weighted by Gasteiger charge is 2.45. The van der Waals surface area contributed by atoms with Crippen molar-refractivity contribution in [3.05, 3.63) is 0 Å². The Hall–Kier alpha value is -0.0600. The molecule has 0 saturated carbocycles. The topological polar surface area (TPSA) is 126 Å². The lowest BCUT2D eigenvalue weighted by molar-refractivity contribution is -0.288. The van der Waals surface area contributed by atoms with Gasteiger partial charge in [-0.25, -0.2) is 4.79 Å². The molecule has 0 aromatic carbocycles. The molecule has 1 saturated heterocycles. The fraction of sp³-hybridized carbons (Fsp3) is 0.889. The zero-order chi connectivity index (χ0) is 15.5. The molecular weight excluding hydrogens is 342 g/mol. The molecule has 1 rings (SSSR count). The Morgan fingerprint density at radius 2 is 1.75 bits per heavy atom. The van der Waals surface area contributed by atoms with E-state index in [2.05, 4.69) is 9.47 Å². The van der Waals surface area contributed by atoms with Crippen LogP contribution in [0.1, 0.15) is 0 Å². The van der Waals surface area contributed by atoms with Crippen LogP contribution in [-0.4, -0.2) is 74.3 Å². The van der Waals surface area contributed by atoms with Gasteiger partial charge in [0.25, 0.3) is 0 Å². The van der Waals surface area contributed by atoms with Gasteiger partial charge in [-0.05, 0) is 0 Å². The molecule has 0 unspecified atom stereocenters. The van der Waals surface area contributed by atoms with Gasteiger partial charge >= 0.3 is 6.16 Å². The van der Waals surface area contributed by atoms with Gasteiger partial charge in [0.05, 0.1) is 6.61 Å². The summed E-state index contributed by atoms with van der Waals surface area (Å²) in [6, 6.07) is 0. The van der Waals surface area contributed by atoms with E-state index < -0.39 is 53.9 Å². The Morgan fingerprint density at radius 1 is 1.15 bits per heavy atom. The summed E-state index contributed by atoms with van der Waals surface area (Å²) in [4.78, 5) is 11.3. The second kappa shape index (κ2) is 7.28. The van der Waals surface area contributed by atoms with Gasteiger partial charge in [0, 0.05) is 0 Å². The number of alkyl halides is 3. The molecule has 0 radical (unpaired) electrons. The Labute approximate surface area is 128 Å². The molecule has 1 heterocycles. The van der Waals surface area contributed by atoms with Crippen LogP contribution < -0.4 is 0 Å². The fourth-order valence-electron chi connectivity index (χ4n) is 1.43. The summed E-state index contributed by atoms with van der Waals surface area (Å²) in [6.07, 6.45) is -9.14. The third kappa shape index (κ3) is 5.05. The van der Waals surface area contributed by atoms with Gasteiger partial charge in [-0.3, -0.25) is 0 Å². The maximum absolute atomic E-state index is 11.3. The van der Waals surface area contributed by atoms with E-state index in [1.807, 2.05) is 0 Å². The summed E-state index contributed by atoms with van der Waals surface area (Å²) >= 11 is 16.0. The average molecular weight is 356 g/mol. The number of hydrogen-bond acceptors (Lipinski definition) is 8. The molecule has 20 heavy (non-hydrogen) atoms. The van der Waals surface area contributed by atoms with Crippen molar-refractivity contribution in [2.24, 2.45) is 0 Å². The highest BCUT2D eigenvalue weighted by molar-refractivity contribution is 6.67. The van der Waals surface area contributed by atoms with Crippen LogP contribution in [0, 0.1) is 0 Å². The van der Waals surface area contributed by atoms with Gasteiger partial charge in [0.2, 0.25) is 10.1 Å². The molecule has 0 aliphatic carbocycles. The van der Waals surface area contributed by atoms with E-state index in [1.54, 1.807) is 0 Å². The van der Waals surface area contributed by atoms with Crippen LogP contribution >= 0.6 is 34.8 Å². The van der Waals surface area contributed by atoms with E-state index in [0.29, 0.717) is 0 Å². The van der Waals surface area contributed by atoms with Crippen molar-refractivity contribution in [3.63, 3.8) is 0 Å². The summed E-state index contributed by atoms with van der Waals surface area (Å²) in [6.45, 7) is -1.26. The first-order valence-electron chi connectivity index (χ1n) is 5.36. The molecule has 1 aliphatic rings. The van der Waals surface area contributed by atoms with Crippen molar-refractivity contribution in [2.75, 3.05) is 13.2 Å². The molecule has 118 valence electrons. The minimum Gasteiger partial charge on any atom is -0.430 e. The van der Waals surface area contributed by atoms with Crippen LogP contribution in [-0.2, 0) is 14.2 Å². The minimum atomic E-state index is -1.84. The maximum atomic E-state index is 11.3. The smallest absolute Gasteiger partial charge is 0.430 e. The summed E-state index contributed by atoms with van der Waals surface area (Å²) in [5.74, 6) is 0. The van der Waals surface area contributed by atoms with E-state index in [0.717, 1.165) is 0 Å². The number of ether oxygens (including phenoxy) is 3. The van der Waals surface area contributed by atoms with Crippen LogP contribution in [0.5, 0.6) is 0 Å². The highest BCUT2D eigenvalue weighted by Crippen LogP contribution is 2.27. The monoisotopic (exact) mass is 354 g/mol. The number of carbonyl (C=O) groups is 1. The van der Waals surface area contributed by atoms with Gasteiger partial charge in [-0.1, -0.05) is 34.8 Å². The van der Waals surface area contributed by atoms with E-state index in [9.17, 15) is 20.1 Å². The fourth-order valence-corrected chi connectivity index (χ4v) is 1.60. The molecule has 8 nitrogen and oxygen atoms in total. The Kier molecular flexibility index (Phi) is 6.55. The SMILES string of the molecule is O=C(OCC(Cl)(Cl)Cl)O[C@@H]1O[C@H](CO)[C@@H](O)[C@H](O)[C@H]1O. The standard InChI is InChI=1S/C9H13Cl3O8/c10-9(11,12)2-18-8(17)20-7-6(16)5(15)4(14)3(1-13)19-7/h3-7,13-16H,1-2H2/t3-,4-,5+,6-,7+/m1/s1. The van der Waals surface area contributed by atoms with Gasteiger partial charge in [-0.15, -0.1) is 0 Å². The predicted octanol–water partition coefficient (Wildman–Crippen LogP) is -0.690. The second-order valence-electron chi connectivity index (χ2n) is 3.97. The van der Waals surface area contributed by atoms with E-state index in [1.165, 1.54) is 0 Å². The third-order valence-corrected chi connectivity index (χ3v) is 2.74. The second-order valence-corrected chi connectivity index (χ2v) is 6.49. The Morgan fingerprint density at radius 3 is 2.25 bits per heavy atom. The van der Waals surface area contributed by atoms with Crippen LogP contribution in [0.25, 0.3) is 0 Å². The lowest BCUT2D eigenvalue weighted by atomic mass is 9.99. The van der Waals surface area contributed by atoms with Crippen LogP contribution in [0.4, 0.5) is 4.79 Å². The molecule has 1 fully saturated rings. The van der Waals surface area contributed by atoms with Gasteiger partial charge in [0.15, 0.2) is 0 Å². The van der Waals surface area contributed by atoms with Crippen molar-refractivity contribution < 1.29 is 39.4 Å². The summed E-state index contributed by atoms with van der Waals surface area (Å²) < 4.78 is 12.1. The number of aliphatic hydroxyl groups excluding tert-OH is 4. The summed E-state index contributed by atoms with van der Waals surface area (Å²) in [7, 11) is 0. The molecule has 1 aliphatic heterocycles. The summed E-state index contributed by atoms with van der Waals surface area (Å²) in [5.41, 5.74) is 0. The highest BCUT2D eigenvalue weighted by atomic mass is 35.6. The number of aliphatic hydroxyl groups is 4. The molecule has 11 heteroatoms. The van der Waals surface area contributed by atoms with Crippen molar-refractivity contribution in [1.82, 2.24) is 0 Å². The van der Waals surface area contributed by atoms with Crippen molar-refractivity contribution in [3.8, 4) is 0 Å². The molecule has 4 N–H and O–H groups in total. The molecule has 0 spiro atoms. The normalized spacial score (nSPS) is 34.6. The first-order chi connectivity index (χ1) is 9.15. The first-order valence-corrected chi connectivity index (χ1v) is 6.49. The third-order valence-electron chi connectivity index (χ3n) is 2.41. The Bertz CT molecular complexity index is 334. The predicted molar refractivity (Wildman–Crippen MR) is 66.5 cm³/mol. The number of rotatable bonds is 3. The molecule has 0 bridgehead atoms. The minimum absolute atomic E-state index is 0.603. The lowest BCUT2D eigenvalue weighted by Crippen LogP contribution is -2.59. The molecule has 0 amide bonds. The quantitative estimate of drug-likeness (QED) is 0.387. The zero-order valence-corrected chi connectivity index (χ0v) is 12.1. The summed E-state index contributed by atoms with van der Waals surface area (Å²) in [5, 5.41) is 37.5. The largest absolute Gasteiger partial charge is 0.510 e. The number of hydrogen-bond donors (Lipinski definition) is 4. The molecule has 0 aromatic rings. The molecular formula is C9H13Cl3O8. The van der Waals surface area contributed by atoms with Crippen LogP contribution in [0.2, 0.25) is 0 Å². The van der Waals surface area contributed by atoms with Gasteiger partial charge in [-0.2, -0.15) is 0 Å². The van der Waals surface area contributed by atoms with Crippen molar-refractivity contribution in [2.45, 2.75) is 34.5 Å². The van der Waals surface area contributed by atoms with Crippen molar-refractivity contribution >= 4 is 41.0 Å². The van der Waals surface area contributed by atoms with Crippen LogP contribution in [0.15, 0.2) is 0 Å². The van der Waals surface area contributed by atoms with E-state index in [-0.39, 0.29) is 0 Å². The van der Waals surface area contributed by atoms with E-state index >= 15 is 0 Å². The number of halogens is 3. The maximum Gasteiger partial charge on any atom is 0.510 e. The first kappa shape index (κ1) is 18.0. The van der Waals surface area contributed by atoms with E-state index in [4.69, 9.17) is 44.6 Å². The molecule has 0 aromatic heterocycles. The van der Waals surface area contributed by atoms with Gasteiger partial charge in [0.1, 0.15) is 31.0 Å². The Balaban J connectivity index is 2.55. The molecule has 5 atom stereocenters. The van der Waals surface area contributed by atoms with Crippen LogP contribution in [0.3, 0.4) is 0 Å². The van der Waals surface area contributed by atoms with Gasteiger partial charge < -0.3 is 34.6 Å². The average Bonchev–Trinajstić information content (AvgIpc) is 2.36.